The second kappa shape index (κ2) is 7.12. The van der Waals surface area contributed by atoms with Crippen LogP contribution in [0.1, 0.15) is 18.4 Å². The van der Waals surface area contributed by atoms with Crippen molar-refractivity contribution in [2.24, 2.45) is 11.7 Å². The molecule has 8 heteroatoms. The second-order valence-corrected chi connectivity index (χ2v) is 5.80. The number of likely N-dealkylation sites (tertiary alicyclic amines) is 1. The molecule has 0 saturated carbocycles. The third kappa shape index (κ3) is 3.70. The molecule has 0 unspecified atom stereocenters. The standard InChI is InChI=1S/C16H19N5O3/c17-14(22)13-2-1-7-21(9-13)16(23)18-8-11-3-5-12(6-4-11)15-19-10-24-20-15/h3-6,10,13H,1-2,7-9H2,(H2,17,22)(H,18,23)/t13-/m1/s1. The molecule has 8 nitrogen and oxygen atoms in total. The molecule has 126 valence electrons. The molecule has 2 heterocycles. The van der Waals surface area contributed by atoms with E-state index in [9.17, 15) is 9.59 Å². The number of nitrogens with zero attached hydrogens (tertiary/aromatic N) is 3. The van der Waals surface area contributed by atoms with Crippen LogP contribution in [0.2, 0.25) is 0 Å². The fraction of sp³-hybridized carbons (Fsp3) is 0.375. The first-order chi connectivity index (χ1) is 11.6. The number of nitrogens with two attached hydrogens (primary N) is 1. The van der Waals surface area contributed by atoms with Gasteiger partial charge in [0.15, 0.2) is 0 Å². The zero-order valence-corrected chi connectivity index (χ0v) is 13.1. The van der Waals surface area contributed by atoms with E-state index < -0.39 is 0 Å². The minimum Gasteiger partial charge on any atom is -0.369 e. The fourth-order valence-electron chi connectivity index (χ4n) is 2.75. The number of primary amides is 1. The van der Waals surface area contributed by atoms with Crippen molar-refractivity contribution in [3.63, 3.8) is 0 Å². The number of carbonyl (C=O) groups is 2. The Kier molecular flexibility index (Phi) is 4.74. The number of rotatable bonds is 4. The van der Waals surface area contributed by atoms with E-state index in [1.54, 1.807) is 4.90 Å². The van der Waals surface area contributed by atoms with Crippen LogP contribution in [0.25, 0.3) is 11.4 Å². The molecule has 0 bridgehead atoms. The minimum absolute atomic E-state index is 0.178. The molecule has 2 aromatic rings. The van der Waals surface area contributed by atoms with Crippen LogP contribution >= 0.6 is 0 Å². The summed E-state index contributed by atoms with van der Waals surface area (Å²) in [5, 5.41) is 6.64. The number of hydrogen-bond donors (Lipinski definition) is 2. The van der Waals surface area contributed by atoms with Crippen molar-refractivity contribution in [2.45, 2.75) is 19.4 Å². The SMILES string of the molecule is NC(=O)[C@@H]1CCCN(C(=O)NCc2ccc(-c3ncon3)cc2)C1. The Hall–Kier alpha value is -2.90. The van der Waals surface area contributed by atoms with Gasteiger partial charge in [-0.05, 0) is 18.4 Å². The second-order valence-electron chi connectivity index (χ2n) is 5.80. The lowest BCUT2D eigenvalue weighted by Crippen LogP contribution is -2.47. The summed E-state index contributed by atoms with van der Waals surface area (Å²) in [6, 6.07) is 7.36. The molecule has 1 aromatic carbocycles. The zero-order valence-electron chi connectivity index (χ0n) is 13.1. The first-order valence-electron chi connectivity index (χ1n) is 7.81. The number of urea groups is 1. The summed E-state index contributed by atoms with van der Waals surface area (Å²) in [7, 11) is 0. The predicted octanol–water partition coefficient (Wildman–Crippen LogP) is 1.14. The molecular formula is C16H19N5O3. The number of aromatic nitrogens is 2. The minimum atomic E-state index is -0.343. The van der Waals surface area contributed by atoms with E-state index in [-0.39, 0.29) is 17.9 Å². The average molecular weight is 329 g/mol. The van der Waals surface area contributed by atoms with Crippen LogP contribution < -0.4 is 11.1 Å². The smallest absolute Gasteiger partial charge is 0.317 e. The summed E-state index contributed by atoms with van der Waals surface area (Å²) in [6.07, 6.45) is 2.82. The van der Waals surface area contributed by atoms with Crippen molar-refractivity contribution < 1.29 is 14.1 Å². The predicted molar refractivity (Wildman–Crippen MR) is 85.5 cm³/mol. The number of piperidine rings is 1. The first-order valence-corrected chi connectivity index (χ1v) is 7.81. The van der Waals surface area contributed by atoms with Crippen LogP contribution in [0.3, 0.4) is 0 Å². The number of hydrogen-bond acceptors (Lipinski definition) is 5. The largest absolute Gasteiger partial charge is 0.369 e. The van der Waals surface area contributed by atoms with E-state index in [0.717, 1.165) is 24.0 Å². The van der Waals surface area contributed by atoms with Gasteiger partial charge in [-0.25, -0.2) is 4.79 Å². The Morgan fingerprint density at radius 1 is 1.33 bits per heavy atom. The van der Waals surface area contributed by atoms with Crippen LogP contribution in [0.4, 0.5) is 4.79 Å². The van der Waals surface area contributed by atoms with Gasteiger partial charge < -0.3 is 20.5 Å². The summed E-state index contributed by atoms with van der Waals surface area (Å²) >= 11 is 0. The highest BCUT2D eigenvalue weighted by molar-refractivity contribution is 5.79. The van der Waals surface area contributed by atoms with Crippen molar-refractivity contribution in [1.29, 1.82) is 0 Å². The molecule has 1 aliphatic heterocycles. The van der Waals surface area contributed by atoms with Crippen LogP contribution in [-0.2, 0) is 11.3 Å². The van der Waals surface area contributed by atoms with Crippen LogP contribution in [0, 0.1) is 5.92 Å². The highest BCUT2D eigenvalue weighted by atomic mass is 16.5. The maximum atomic E-state index is 12.2. The Morgan fingerprint density at radius 2 is 2.12 bits per heavy atom. The van der Waals surface area contributed by atoms with Gasteiger partial charge >= 0.3 is 6.03 Å². The molecule has 3 N–H and O–H groups in total. The molecule has 1 atom stereocenters. The molecule has 3 rings (SSSR count). The summed E-state index contributed by atoms with van der Waals surface area (Å²) in [6.45, 7) is 1.44. The highest BCUT2D eigenvalue weighted by Crippen LogP contribution is 2.17. The van der Waals surface area contributed by atoms with Crippen LogP contribution in [0.15, 0.2) is 35.2 Å². The van der Waals surface area contributed by atoms with Crippen LogP contribution in [-0.4, -0.2) is 40.1 Å². The molecule has 1 fully saturated rings. The number of amides is 3. The van der Waals surface area contributed by atoms with Gasteiger partial charge in [-0.1, -0.05) is 29.4 Å². The lowest BCUT2D eigenvalue weighted by atomic mass is 9.98. The summed E-state index contributed by atoms with van der Waals surface area (Å²) in [5.41, 5.74) is 7.14. The van der Waals surface area contributed by atoms with E-state index in [1.807, 2.05) is 24.3 Å². The first kappa shape index (κ1) is 16.0. The van der Waals surface area contributed by atoms with Gasteiger partial charge in [0.05, 0.1) is 5.92 Å². The molecule has 1 aromatic heterocycles. The molecule has 1 saturated heterocycles. The normalized spacial score (nSPS) is 17.5. The van der Waals surface area contributed by atoms with Crippen molar-refractivity contribution in [1.82, 2.24) is 20.4 Å². The lowest BCUT2D eigenvalue weighted by molar-refractivity contribution is -0.123. The highest BCUT2D eigenvalue weighted by Gasteiger charge is 2.26. The Morgan fingerprint density at radius 3 is 2.79 bits per heavy atom. The maximum Gasteiger partial charge on any atom is 0.317 e. The van der Waals surface area contributed by atoms with E-state index >= 15 is 0 Å². The van der Waals surface area contributed by atoms with Gasteiger partial charge in [0, 0.05) is 25.2 Å². The Bertz CT molecular complexity index is 699. The maximum absolute atomic E-state index is 12.2. The Labute approximate surface area is 139 Å². The van der Waals surface area contributed by atoms with Gasteiger partial charge in [-0.3, -0.25) is 4.79 Å². The molecule has 1 aliphatic rings. The summed E-state index contributed by atoms with van der Waals surface area (Å²) in [4.78, 5) is 29.1. The third-order valence-electron chi connectivity index (χ3n) is 4.13. The molecule has 0 radical (unpaired) electrons. The van der Waals surface area contributed by atoms with Gasteiger partial charge in [0.25, 0.3) is 0 Å². The van der Waals surface area contributed by atoms with Crippen molar-refractivity contribution in [3.8, 4) is 11.4 Å². The molecule has 24 heavy (non-hydrogen) atoms. The number of carbonyl (C=O) groups excluding carboxylic acids is 2. The fourth-order valence-corrected chi connectivity index (χ4v) is 2.75. The zero-order chi connectivity index (χ0) is 16.9. The average Bonchev–Trinajstić information content (AvgIpc) is 3.15. The van der Waals surface area contributed by atoms with E-state index in [4.69, 9.17) is 10.3 Å². The van der Waals surface area contributed by atoms with Gasteiger partial charge in [-0.15, -0.1) is 0 Å². The molecule has 3 amide bonds. The van der Waals surface area contributed by atoms with Crippen molar-refractivity contribution in [3.05, 3.63) is 36.2 Å². The molecular weight excluding hydrogens is 310 g/mol. The number of benzene rings is 1. The van der Waals surface area contributed by atoms with Gasteiger partial charge in [0.1, 0.15) is 0 Å². The van der Waals surface area contributed by atoms with Crippen molar-refractivity contribution >= 4 is 11.9 Å². The monoisotopic (exact) mass is 329 g/mol. The van der Waals surface area contributed by atoms with Gasteiger partial charge in [0.2, 0.25) is 18.1 Å². The van der Waals surface area contributed by atoms with Gasteiger partial charge in [-0.2, -0.15) is 4.98 Å². The lowest BCUT2D eigenvalue weighted by Gasteiger charge is -2.31. The topological polar surface area (TPSA) is 114 Å². The summed E-state index contributed by atoms with van der Waals surface area (Å²) in [5.74, 6) is -0.0697. The quantitative estimate of drug-likeness (QED) is 0.873. The summed E-state index contributed by atoms with van der Waals surface area (Å²) < 4.78 is 4.71. The molecule has 0 aliphatic carbocycles. The number of nitrogens with one attached hydrogen (secondary N) is 1. The van der Waals surface area contributed by atoms with E-state index in [0.29, 0.717) is 25.5 Å². The molecule has 0 spiro atoms. The van der Waals surface area contributed by atoms with E-state index in [1.165, 1.54) is 6.39 Å². The van der Waals surface area contributed by atoms with Crippen molar-refractivity contribution in [2.75, 3.05) is 13.1 Å². The van der Waals surface area contributed by atoms with E-state index in [2.05, 4.69) is 15.5 Å². The third-order valence-corrected chi connectivity index (χ3v) is 4.13. The Balaban J connectivity index is 1.53. The van der Waals surface area contributed by atoms with Crippen LogP contribution in [0.5, 0.6) is 0 Å².